The van der Waals surface area contributed by atoms with Gasteiger partial charge in [0.2, 0.25) is 5.89 Å². The molecule has 0 saturated heterocycles. The number of ether oxygens (including phenoxy) is 1. The summed E-state index contributed by atoms with van der Waals surface area (Å²) in [4.78, 5) is 4.58. The Morgan fingerprint density at radius 2 is 1.76 bits per heavy atom. The van der Waals surface area contributed by atoms with E-state index in [0.717, 1.165) is 43.6 Å². The lowest BCUT2D eigenvalue weighted by atomic mass is 9.77. The molecule has 0 amide bonds. The third kappa shape index (κ3) is 8.47. The summed E-state index contributed by atoms with van der Waals surface area (Å²) < 4.78 is 12.8. The fourth-order valence-electron chi connectivity index (χ4n) is 4.59. The van der Waals surface area contributed by atoms with Crippen molar-refractivity contribution < 1.29 is 18.7 Å². The Labute approximate surface area is 233 Å². The monoisotopic (exact) mass is 549 g/mol. The summed E-state index contributed by atoms with van der Waals surface area (Å²) in [7, 11) is 4.30. The SMILES string of the molecule is CC.CCCC(CC)C(O)(c1ccccc1)c1ncc(C[N+](C)(C)CCCOc2ccc(Cl)c(Cl)c2)o1. The van der Waals surface area contributed by atoms with Gasteiger partial charge in [0.25, 0.3) is 0 Å². The van der Waals surface area contributed by atoms with Crippen molar-refractivity contribution in [3.05, 3.63) is 82.0 Å². The standard InChI is InChI=1S/C28H37Cl2N2O3.C2H6/c1-5-11-21(6-2)28(33,22-12-8-7-9-13-22)27-31-19-24(35-27)20-32(3,4)16-10-17-34-23-14-15-25(29)26(30)18-23;1-2/h7-9,12-15,18-19,21,33H,5-6,10-11,16-17,20H2,1-4H3;1-2H3/q+1;. The van der Waals surface area contributed by atoms with Gasteiger partial charge in [-0.05, 0) is 30.5 Å². The van der Waals surface area contributed by atoms with Gasteiger partial charge < -0.3 is 18.7 Å². The maximum atomic E-state index is 12.0. The van der Waals surface area contributed by atoms with E-state index >= 15 is 0 Å². The minimum atomic E-state index is -1.25. The number of nitrogens with zero attached hydrogens (tertiary/aromatic N) is 2. The fraction of sp³-hybridized carbons (Fsp3) is 0.500. The molecule has 1 aromatic heterocycles. The first-order valence-corrected chi connectivity index (χ1v) is 14.1. The molecule has 7 heteroatoms. The molecule has 1 heterocycles. The third-order valence-corrected chi connectivity index (χ3v) is 7.20. The van der Waals surface area contributed by atoms with Crippen molar-refractivity contribution in [2.45, 2.75) is 65.5 Å². The zero-order valence-electron chi connectivity index (χ0n) is 23.1. The van der Waals surface area contributed by atoms with Crippen molar-refractivity contribution >= 4 is 23.2 Å². The highest BCUT2D eigenvalue weighted by atomic mass is 35.5. The molecule has 0 aliphatic rings. The van der Waals surface area contributed by atoms with Crippen molar-refractivity contribution in [1.82, 2.24) is 4.98 Å². The molecule has 3 rings (SSSR count). The van der Waals surface area contributed by atoms with Crippen LogP contribution in [-0.2, 0) is 12.1 Å². The maximum absolute atomic E-state index is 12.0. The molecule has 0 bridgehead atoms. The van der Waals surface area contributed by atoms with E-state index in [-0.39, 0.29) is 5.92 Å². The lowest BCUT2D eigenvalue weighted by Crippen LogP contribution is -2.40. The summed E-state index contributed by atoms with van der Waals surface area (Å²) in [5.41, 5.74) is -0.434. The maximum Gasteiger partial charge on any atom is 0.231 e. The van der Waals surface area contributed by atoms with Crippen LogP contribution in [0.25, 0.3) is 0 Å². The van der Waals surface area contributed by atoms with Crippen LogP contribution in [0.3, 0.4) is 0 Å². The summed E-state index contributed by atoms with van der Waals surface area (Å²) in [5, 5.41) is 13.0. The Morgan fingerprint density at radius 3 is 2.38 bits per heavy atom. The molecule has 2 unspecified atom stereocenters. The minimum absolute atomic E-state index is 0.0161. The lowest BCUT2D eigenvalue weighted by molar-refractivity contribution is -0.904. The highest BCUT2D eigenvalue weighted by Gasteiger charge is 2.43. The Balaban J connectivity index is 0.00000235. The van der Waals surface area contributed by atoms with E-state index in [2.05, 4.69) is 32.9 Å². The molecule has 0 saturated carbocycles. The highest BCUT2D eigenvalue weighted by Crippen LogP contribution is 2.40. The van der Waals surface area contributed by atoms with E-state index in [1.54, 1.807) is 18.3 Å². The van der Waals surface area contributed by atoms with Crippen molar-refractivity contribution in [2.75, 3.05) is 27.2 Å². The van der Waals surface area contributed by atoms with Crippen LogP contribution in [0.15, 0.2) is 59.1 Å². The summed E-state index contributed by atoms with van der Waals surface area (Å²) in [6.07, 6.45) is 5.32. The van der Waals surface area contributed by atoms with Crippen LogP contribution in [0, 0.1) is 5.92 Å². The van der Waals surface area contributed by atoms with Gasteiger partial charge in [0.05, 0.1) is 43.5 Å². The zero-order valence-corrected chi connectivity index (χ0v) is 24.6. The predicted molar refractivity (Wildman–Crippen MR) is 153 cm³/mol. The fourth-order valence-corrected chi connectivity index (χ4v) is 4.88. The molecule has 3 aromatic rings. The lowest BCUT2D eigenvalue weighted by Gasteiger charge is -2.33. The number of hydrogen-bond acceptors (Lipinski definition) is 4. The molecule has 2 aromatic carbocycles. The number of rotatable bonds is 13. The zero-order chi connectivity index (χ0) is 27.5. The van der Waals surface area contributed by atoms with Gasteiger partial charge in [-0.1, -0.05) is 87.6 Å². The number of benzene rings is 2. The number of halogens is 2. The van der Waals surface area contributed by atoms with Gasteiger partial charge in [-0.25, -0.2) is 4.98 Å². The van der Waals surface area contributed by atoms with Gasteiger partial charge in [0.1, 0.15) is 12.3 Å². The minimum Gasteiger partial charge on any atom is -0.493 e. The van der Waals surface area contributed by atoms with E-state index in [1.165, 1.54) is 0 Å². The van der Waals surface area contributed by atoms with Crippen LogP contribution in [-0.4, -0.2) is 41.8 Å². The molecule has 0 aliphatic heterocycles. The molecule has 5 nitrogen and oxygen atoms in total. The van der Waals surface area contributed by atoms with Gasteiger partial charge in [-0.2, -0.15) is 0 Å². The smallest absolute Gasteiger partial charge is 0.231 e. The molecule has 0 radical (unpaired) electrons. The predicted octanol–water partition coefficient (Wildman–Crippen LogP) is 8.12. The van der Waals surface area contributed by atoms with Crippen LogP contribution in [0.1, 0.15) is 70.6 Å². The highest BCUT2D eigenvalue weighted by molar-refractivity contribution is 6.42. The summed E-state index contributed by atoms with van der Waals surface area (Å²) in [6, 6.07) is 15.0. The second kappa shape index (κ2) is 14.8. The van der Waals surface area contributed by atoms with Gasteiger partial charge in [0, 0.05) is 18.4 Å². The van der Waals surface area contributed by atoms with E-state index in [0.29, 0.717) is 39.3 Å². The summed E-state index contributed by atoms with van der Waals surface area (Å²) in [6.45, 7) is 10.4. The average molecular weight is 551 g/mol. The first kappa shape index (κ1) is 31.2. The topological polar surface area (TPSA) is 55.5 Å². The van der Waals surface area contributed by atoms with Crippen LogP contribution in [0.5, 0.6) is 5.75 Å². The summed E-state index contributed by atoms with van der Waals surface area (Å²) >= 11 is 12.0. The van der Waals surface area contributed by atoms with Crippen molar-refractivity contribution in [2.24, 2.45) is 5.92 Å². The van der Waals surface area contributed by atoms with Crippen molar-refractivity contribution in [3.63, 3.8) is 0 Å². The second-order valence-electron chi connectivity index (χ2n) is 9.75. The Hall–Kier alpha value is -2.05. The molecular formula is C30H43Cl2N2O3+. The van der Waals surface area contributed by atoms with E-state index in [1.807, 2.05) is 50.2 Å². The van der Waals surface area contributed by atoms with Crippen LogP contribution in [0.2, 0.25) is 10.0 Å². The van der Waals surface area contributed by atoms with Gasteiger partial charge >= 0.3 is 0 Å². The number of oxazole rings is 1. The molecule has 0 spiro atoms. The first-order chi connectivity index (χ1) is 17.7. The molecule has 37 heavy (non-hydrogen) atoms. The second-order valence-corrected chi connectivity index (χ2v) is 10.6. The van der Waals surface area contributed by atoms with Crippen LogP contribution >= 0.6 is 23.2 Å². The number of aromatic nitrogens is 1. The third-order valence-electron chi connectivity index (χ3n) is 6.47. The van der Waals surface area contributed by atoms with E-state index < -0.39 is 5.60 Å². The van der Waals surface area contributed by atoms with Gasteiger partial charge in [0.15, 0.2) is 11.4 Å². The molecule has 0 fully saturated rings. The van der Waals surface area contributed by atoms with Gasteiger partial charge in [-0.15, -0.1) is 0 Å². The van der Waals surface area contributed by atoms with E-state index in [9.17, 15) is 5.11 Å². The molecule has 2 atom stereocenters. The quantitative estimate of drug-likeness (QED) is 0.173. The molecule has 0 aliphatic carbocycles. The van der Waals surface area contributed by atoms with Crippen LogP contribution < -0.4 is 4.74 Å². The molecular weight excluding hydrogens is 507 g/mol. The molecule has 1 N–H and O–H groups in total. The Morgan fingerprint density at radius 1 is 1.05 bits per heavy atom. The Kier molecular flexibility index (Phi) is 12.4. The average Bonchev–Trinajstić information content (AvgIpc) is 3.36. The van der Waals surface area contributed by atoms with E-state index in [4.69, 9.17) is 32.4 Å². The first-order valence-electron chi connectivity index (χ1n) is 13.3. The number of hydrogen-bond donors (Lipinski definition) is 1. The van der Waals surface area contributed by atoms with Crippen LogP contribution in [0.4, 0.5) is 0 Å². The number of aliphatic hydroxyl groups is 1. The largest absolute Gasteiger partial charge is 0.493 e. The normalized spacial score (nSPS) is 13.9. The van der Waals surface area contributed by atoms with Crippen molar-refractivity contribution in [1.29, 1.82) is 0 Å². The summed E-state index contributed by atoms with van der Waals surface area (Å²) in [5.74, 6) is 1.86. The number of quaternary nitrogens is 1. The molecule has 204 valence electrons. The van der Waals surface area contributed by atoms with Gasteiger partial charge in [-0.3, -0.25) is 0 Å². The van der Waals surface area contributed by atoms with Crippen molar-refractivity contribution in [3.8, 4) is 5.75 Å². The Bertz CT molecular complexity index is 1070.